The topological polar surface area (TPSA) is 107 Å². The van der Waals surface area contributed by atoms with Crippen molar-refractivity contribution in [3.05, 3.63) is 23.3 Å². The average molecular weight is 495 g/mol. The maximum Gasteiger partial charge on any atom is 0.317 e. The molecule has 6 nitrogen and oxygen atoms in total. The minimum atomic E-state index is -0.880. The summed E-state index contributed by atoms with van der Waals surface area (Å²) in [7, 11) is 0. The Balaban J connectivity index is 1.79. The van der Waals surface area contributed by atoms with Gasteiger partial charge in [-0.05, 0) is 74.7 Å². The lowest BCUT2D eigenvalue weighted by atomic mass is 9.37. The number of rotatable bonds is 5. The highest BCUT2D eigenvalue weighted by molar-refractivity contribution is 6.04. The maximum atomic E-state index is 14.0. The van der Waals surface area contributed by atoms with Crippen molar-refractivity contribution in [1.82, 2.24) is 5.32 Å². The molecular formula is C30H42N2O4. The van der Waals surface area contributed by atoms with Gasteiger partial charge in [0.2, 0.25) is 0 Å². The molecule has 2 N–H and O–H groups in total. The number of Topliss-reactive ketones (excluding diaryl/α,β-unsaturated/α-hetero) is 1. The standard InChI is InChI=1S/C30H42N2O4/c1-26(2,32-17-23(34)35)14-18-9-8-11-30(7)24(18)20(33)13-22-28(5)15-19(16-31)25(36)27(3,4)21(28)10-12-29(22,30)6/h13,15,18,21,24,32H,8-12,14,17H2,1-7H3,(H,34,35)/t18?,21-,24?,28-,29+,30+/m0/s1. The van der Waals surface area contributed by atoms with Crippen molar-refractivity contribution in [3.8, 4) is 6.07 Å². The van der Waals surface area contributed by atoms with Gasteiger partial charge in [-0.25, -0.2) is 0 Å². The van der Waals surface area contributed by atoms with E-state index in [0.717, 1.165) is 44.1 Å². The number of carbonyl (C=O) groups excluding carboxylic acids is 2. The number of hydrogen-bond acceptors (Lipinski definition) is 5. The fraction of sp³-hybridized carbons (Fsp3) is 0.733. The van der Waals surface area contributed by atoms with Crippen LogP contribution in [0.5, 0.6) is 0 Å². The second-order valence-corrected chi connectivity index (χ2v) is 13.8. The first kappa shape index (κ1) is 26.8. The fourth-order valence-electron chi connectivity index (χ4n) is 9.03. The summed E-state index contributed by atoms with van der Waals surface area (Å²) in [6.45, 7) is 14.6. The summed E-state index contributed by atoms with van der Waals surface area (Å²) in [5.41, 5.74) is -0.708. The third-order valence-corrected chi connectivity index (χ3v) is 10.9. The number of allylic oxidation sites excluding steroid dienone is 4. The van der Waals surface area contributed by atoms with Crippen LogP contribution in [0.25, 0.3) is 0 Å². The van der Waals surface area contributed by atoms with Crippen molar-refractivity contribution < 1.29 is 19.5 Å². The van der Waals surface area contributed by atoms with Gasteiger partial charge in [0.25, 0.3) is 0 Å². The second kappa shape index (κ2) is 8.38. The molecule has 0 heterocycles. The number of carboxylic acids is 1. The monoisotopic (exact) mass is 494 g/mol. The van der Waals surface area contributed by atoms with Crippen LogP contribution in [0.2, 0.25) is 0 Å². The van der Waals surface area contributed by atoms with Crippen molar-refractivity contribution in [2.24, 2.45) is 39.4 Å². The first-order valence-electron chi connectivity index (χ1n) is 13.4. The van der Waals surface area contributed by atoms with Gasteiger partial charge in [0.05, 0.1) is 12.1 Å². The van der Waals surface area contributed by atoms with E-state index >= 15 is 0 Å². The SMILES string of the molecule is CC(C)(CC1CCC[C@]2(C)C1C(=O)C=C1[C@@]3(C)C=C(C#N)C(=O)C(C)(C)[C@@H]3CC[C@]12C)NCC(=O)O. The minimum Gasteiger partial charge on any atom is -0.480 e. The second-order valence-electron chi connectivity index (χ2n) is 13.8. The molecule has 2 saturated carbocycles. The number of fused-ring (bicyclic) bond motifs is 5. The Kier molecular flexibility index (Phi) is 6.24. The van der Waals surface area contributed by atoms with Crippen molar-refractivity contribution in [3.63, 3.8) is 0 Å². The molecule has 0 aliphatic heterocycles. The molecule has 0 aromatic rings. The normalized spacial score (nSPS) is 39.7. The van der Waals surface area contributed by atoms with Crippen LogP contribution < -0.4 is 5.32 Å². The number of nitrogens with zero attached hydrogens (tertiary/aromatic N) is 1. The molecule has 4 rings (SSSR count). The number of ketones is 2. The molecule has 4 aliphatic rings. The van der Waals surface area contributed by atoms with E-state index in [1.807, 2.05) is 39.8 Å². The zero-order valence-corrected chi connectivity index (χ0v) is 23.0. The van der Waals surface area contributed by atoms with Gasteiger partial charge in [-0.3, -0.25) is 14.4 Å². The lowest BCUT2D eigenvalue weighted by Crippen LogP contribution is -2.62. The molecule has 4 aliphatic carbocycles. The molecule has 0 radical (unpaired) electrons. The molecular weight excluding hydrogens is 452 g/mol. The Bertz CT molecular complexity index is 1110. The zero-order chi connectivity index (χ0) is 26.9. The van der Waals surface area contributed by atoms with Crippen LogP contribution in [-0.4, -0.2) is 34.7 Å². The van der Waals surface area contributed by atoms with E-state index in [9.17, 15) is 19.6 Å². The van der Waals surface area contributed by atoms with Crippen molar-refractivity contribution >= 4 is 17.5 Å². The van der Waals surface area contributed by atoms with E-state index in [4.69, 9.17) is 5.11 Å². The van der Waals surface area contributed by atoms with Crippen LogP contribution in [0.1, 0.15) is 87.0 Å². The third kappa shape index (κ3) is 3.72. The van der Waals surface area contributed by atoms with Gasteiger partial charge in [-0.1, -0.05) is 52.7 Å². The number of carboxylic acid groups (broad SMARTS) is 1. The van der Waals surface area contributed by atoms with E-state index in [0.29, 0.717) is 0 Å². The highest BCUT2D eigenvalue weighted by Crippen LogP contribution is 2.71. The summed E-state index contributed by atoms with van der Waals surface area (Å²) >= 11 is 0. The molecule has 0 bridgehead atoms. The maximum absolute atomic E-state index is 14.0. The zero-order valence-electron chi connectivity index (χ0n) is 23.0. The Labute approximate surface area is 215 Å². The Morgan fingerprint density at radius 1 is 1.17 bits per heavy atom. The molecule has 0 aromatic carbocycles. The molecule has 6 atom stereocenters. The smallest absolute Gasteiger partial charge is 0.317 e. The van der Waals surface area contributed by atoms with Crippen LogP contribution in [0.3, 0.4) is 0 Å². The van der Waals surface area contributed by atoms with Crippen LogP contribution >= 0.6 is 0 Å². The van der Waals surface area contributed by atoms with Crippen molar-refractivity contribution in [1.29, 1.82) is 5.26 Å². The third-order valence-electron chi connectivity index (χ3n) is 10.9. The molecule has 36 heavy (non-hydrogen) atoms. The predicted octanol–water partition coefficient (Wildman–Crippen LogP) is 5.24. The summed E-state index contributed by atoms with van der Waals surface area (Å²) in [4.78, 5) is 38.3. The van der Waals surface area contributed by atoms with Crippen LogP contribution in [0.4, 0.5) is 0 Å². The summed E-state index contributed by atoms with van der Waals surface area (Å²) in [5, 5.41) is 22.1. The molecule has 196 valence electrons. The van der Waals surface area contributed by atoms with E-state index in [1.165, 1.54) is 0 Å². The first-order valence-corrected chi connectivity index (χ1v) is 13.4. The lowest BCUT2D eigenvalue weighted by Gasteiger charge is -2.66. The quantitative estimate of drug-likeness (QED) is 0.541. The summed E-state index contributed by atoms with van der Waals surface area (Å²) in [6, 6.07) is 2.16. The number of nitriles is 1. The Morgan fingerprint density at radius 2 is 1.83 bits per heavy atom. The highest BCUT2D eigenvalue weighted by atomic mass is 16.4. The van der Waals surface area contributed by atoms with Crippen molar-refractivity contribution in [2.45, 2.75) is 92.5 Å². The van der Waals surface area contributed by atoms with Gasteiger partial charge in [-0.15, -0.1) is 0 Å². The van der Waals surface area contributed by atoms with Crippen molar-refractivity contribution in [2.75, 3.05) is 6.54 Å². The van der Waals surface area contributed by atoms with Crippen LogP contribution in [-0.2, 0) is 14.4 Å². The Morgan fingerprint density at radius 3 is 2.44 bits per heavy atom. The fourth-order valence-corrected chi connectivity index (χ4v) is 9.03. The average Bonchev–Trinajstić information content (AvgIpc) is 2.76. The van der Waals surface area contributed by atoms with Gasteiger partial charge >= 0.3 is 5.97 Å². The molecule has 0 aromatic heterocycles. The van der Waals surface area contributed by atoms with E-state index in [2.05, 4.69) is 32.2 Å². The number of nitrogens with one attached hydrogen (secondary N) is 1. The summed E-state index contributed by atoms with van der Waals surface area (Å²) in [6.07, 6.45) is 9.27. The van der Waals surface area contributed by atoms with E-state index < -0.39 is 22.3 Å². The van der Waals surface area contributed by atoms with Crippen LogP contribution in [0, 0.1) is 50.7 Å². The molecule has 2 fully saturated rings. The van der Waals surface area contributed by atoms with Crippen LogP contribution in [0.15, 0.2) is 23.3 Å². The van der Waals surface area contributed by atoms with Gasteiger partial charge in [-0.2, -0.15) is 5.26 Å². The summed E-state index contributed by atoms with van der Waals surface area (Å²) < 4.78 is 0. The van der Waals surface area contributed by atoms with Gasteiger partial charge in [0, 0.05) is 22.3 Å². The number of aliphatic carboxylic acids is 1. The van der Waals surface area contributed by atoms with Gasteiger partial charge < -0.3 is 10.4 Å². The van der Waals surface area contributed by atoms with Gasteiger partial charge in [0.1, 0.15) is 6.07 Å². The largest absolute Gasteiger partial charge is 0.480 e. The summed E-state index contributed by atoms with van der Waals surface area (Å²) in [5.74, 6) is -0.718. The molecule has 0 spiro atoms. The molecule has 2 unspecified atom stereocenters. The van der Waals surface area contributed by atoms with E-state index in [1.54, 1.807) is 0 Å². The van der Waals surface area contributed by atoms with E-state index in [-0.39, 0.29) is 52.3 Å². The number of hydrogen-bond donors (Lipinski definition) is 2. The molecule has 0 saturated heterocycles. The number of carbonyl (C=O) groups is 3. The minimum absolute atomic E-state index is 0.0421. The Hall–Kier alpha value is -2.26. The molecule has 6 heteroatoms. The van der Waals surface area contributed by atoms with Gasteiger partial charge in [0.15, 0.2) is 11.6 Å². The first-order chi connectivity index (χ1) is 16.5. The highest BCUT2D eigenvalue weighted by Gasteiger charge is 2.66. The lowest BCUT2D eigenvalue weighted by molar-refractivity contribution is -0.146. The molecule has 0 amide bonds. The predicted molar refractivity (Wildman–Crippen MR) is 138 cm³/mol.